The molecule has 6 N–H and O–H groups in total. The second-order valence-electron chi connectivity index (χ2n) is 9.28. The summed E-state index contributed by atoms with van der Waals surface area (Å²) in [6.45, 7) is -0.601. The van der Waals surface area contributed by atoms with Gasteiger partial charge in [-0.15, -0.1) is 0 Å². The quantitative estimate of drug-likeness (QED) is 0.171. The van der Waals surface area contributed by atoms with Crippen LogP contribution >= 0.6 is 0 Å². The molecule has 16 heteroatoms. The number of carbonyl (C=O) groups is 2. The average molecular weight is 548 g/mol. The van der Waals surface area contributed by atoms with E-state index in [1.165, 1.54) is 22.1 Å². The lowest BCUT2D eigenvalue weighted by Crippen LogP contribution is -2.47. The van der Waals surface area contributed by atoms with Gasteiger partial charge in [0.25, 0.3) is 11.5 Å². The lowest BCUT2D eigenvalue weighted by Gasteiger charge is -2.28. The molecule has 5 aromatic rings. The van der Waals surface area contributed by atoms with Crippen LogP contribution in [0.3, 0.4) is 0 Å². The fraction of sp³-hybridized carbons (Fsp3) is 0.250. The molecule has 1 aromatic carbocycles. The van der Waals surface area contributed by atoms with Crippen molar-refractivity contribution in [3.63, 3.8) is 0 Å². The SMILES string of the molecule is NC(=O)c1nn(CC(=O)N2CC(F)CC2C(O)Nc2nc3nc[nH]c3c(=O)[nH]2)c2ccc(-c3ccnnc3)cc12. The van der Waals surface area contributed by atoms with Crippen LogP contribution in [0.15, 0.2) is 47.8 Å². The van der Waals surface area contributed by atoms with Crippen molar-refractivity contribution >= 4 is 39.8 Å². The Hall–Kier alpha value is -5.25. The monoisotopic (exact) mass is 547 g/mol. The first-order chi connectivity index (χ1) is 19.3. The summed E-state index contributed by atoms with van der Waals surface area (Å²) >= 11 is 0. The van der Waals surface area contributed by atoms with E-state index >= 15 is 0 Å². The van der Waals surface area contributed by atoms with Gasteiger partial charge in [-0.05, 0) is 23.8 Å². The third kappa shape index (κ3) is 4.49. The van der Waals surface area contributed by atoms with Crippen LogP contribution in [0.2, 0.25) is 0 Å². The van der Waals surface area contributed by atoms with Crippen LogP contribution in [0.5, 0.6) is 0 Å². The molecule has 1 fully saturated rings. The number of H-pyrrole nitrogens is 2. The molecule has 0 radical (unpaired) electrons. The first-order valence-corrected chi connectivity index (χ1v) is 12.2. The van der Waals surface area contributed by atoms with Gasteiger partial charge in [-0.25, -0.2) is 9.37 Å². The number of alkyl halides is 1. The van der Waals surface area contributed by atoms with Crippen molar-refractivity contribution in [2.75, 3.05) is 11.9 Å². The molecule has 0 spiro atoms. The number of aliphatic hydroxyl groups excluding tert-OH is 1. The second kappa shape index (κ2) is 9.81. The number of nitrogens with two attached hydrogens (primary N) is 1. The van der Waals surface area contributed by atoms with Gasteiger partial charge in [-0.2, -0.15) is 20.3 Å². The van der Waals surface area contributed by atoms with E-state index in [1.54, 1.807) is 30.5 Å². The highest BCUT2D eigenvalue weighted by Gasteiger charge is 2.40. The number of fused-ring (bicyclic) bond motifs is 2. The molecule has 15 nitrogen and oxygen atoms in total. The van der Waals surface area contributed by atoms with Gasteiger partial charge >= 0.3 is 0 Å². The largest absolute Gasteiger partial charge is 0.372 e. The van der Waals surface area contributed by atoms with Crippen LogP contribution in [0.1, 0.15) is 16.9 Å². The molecular formula is C24H22FN11O4. The van der Waals surface area contributed by atoms with Crippen molar-refractivity contribution < 1.29 is 19.1 Å². The van der Waals surface area contributed by atoms with E-state index in [0.717, 1.165) is 11.1 Å². The van der Waals surface area contributed by atoms with Gasteiger partial charge < -0.3 is 26.0 Å². The Bertz CT molecular complexity index is 1800. The normalized spacial score (nSPS) is 17.9. The zero-order chi connectivity index (χ0) is 28.0. The lowest BCUT2D eigenvalue weighted by atomic mass is 10.0. The molecule has 2 amide bonds. The van der Waals surface area contributed by atoms with Crippen LogP contribution in [0.25, 0.3) is 33.2 Å². The van der Waals surface area contributed by atoms with E-state index in [4.69, 9.17) is 5.73 Å². The minimum absolute atomic E-state index is 0.0292. The number of benzene rings is 1. The number of imidazole rings is 1. The summed E-state index contributed by atoms with van der Waals surface area (Å²) in [6, 6.07) is 5.96. The molecule has 3 atom stereocenters. The number of likely N-dealkylation sites (tertiary alicyclic amines) is 1. The number of hydrogen-bond acceptors (Lipinski definition) is 10. The topological polar surface area (TPSA) is 214 Å². The Kier molecular flexibility index (Phi) is 6.14. The smallest absolute Gasteiger partial charge is 0.278 e. The number of amides is 2. The summed E-state index contributed by atoms with van der Waals surface area (Å²) in [5.41, 5.74) is 7.27. The summed E-state index contributed by atoms with van der Waals surface area (Å²) in [5, 5.41) is 25.8. The van der Waals surface area contributed by atoms with E-state index in [2.05, 4.69) is 40.5 Å². The van der Waals surface area contributed by atoms with Gasteiger partial charge in [0.1, 0.15) is 18.9 Å². The predicted octanol–water partition coefficient (Wildman–Crippen LogP) is -0.0787. The number of nitrogens with one attached hydrogen (secondary N) is 3. The van der Waals surface area contributed by atoms with Crippen LogP contribution in [0, 0.1) is 0 Å². The van der Waals surface area contributed by atoms with Crippen molar-refractivity contribution in [2.24, 2.45) is 5.73 Å². The Morgan fingerprint density at radius 1 is 1.25 bits per heavy atom. The molecule has 6 rings (SSSR count). The number of rotatable bonds is 7. The number of aromatic amines is 2. The molecule has 4 aromatic heterocycles. The van der Waals surface area contributed by atoms with Gasteiger partial charge in [-0.1, -0.05) is 6.07 Å². The molecule has 40 heavy (non-hydrogen) atoms. The molecule has 0 saturated carbocycles. The van der Waals surface area contributed by atoms with Crippen molar-refractivity contribution in [1.29, 1.82) is 0 Å². The van der Waals surface area contributed by atoms with Crippen molar-refractivity contribution in [1.82, 2.24) is 44.8 Å². The zero-order valence-corrected chi connectivity index (χ0v) is 20.7. The minimum atomic E-state index is -1.46. The van der Waals surface area contributed by atoms with E-state index in [1.807, 2.05) is 0 Å². The Balaban J connectivity index is 1.25. The zero-order valence-electron chi connectivity index (χ0n) is 20.7. The van der Waals surface area contributed by atoms with E-state index in [9.17, 15) is 23.9 Å². The van der Waals surface area contributed by atoms with E-state index in [0.29, 0.717) is 10.9 Å². The number of primary amides is 1. The Morgan fingerprint density at radius 3 is 2.88 bits per heavy atom. The summed E-state index contributed by atoms with van der Waals surface area (Å²) in [4.78, 5) is 52.1. The highest BCUT2D eigenvalue weighted by atomic mass is 19.1. The Morgan fingerprint density at radius 2 is 2.10 bits per heavy atom. The first kappa shape index (κ1) is 25.1. The van der Waals surface area contributed by atoms with Crippen molar-refractivity contribution in [3.05, 3.63) is 59.0 Å². The summed E-state index contributed by atoms with van der Waals surface area (Å²) < 4.78 is 15.8. The van der Waals surface area contributed by atoms with E-state index < -0.39 is 35.8 Å². The average Bonchev–Trinajstić information content (AvgIpc) is 3.66. The van der Waals surface area contributed by atoms with E-state index in [-0.39, 0.29) is 42.3 Å². The maximum absolute atomic E-state index is 14.5. The third-order valence-electron chi connectivity index (χ3n) is 6.74. The number of aliphatic hydroxyl groups is 1. The fourth-order valence-corrected chi connectivity index (χ4v) is 4.89. The highest BCUT2D eigenvalue weighted by Crippen LogP contribution is 2.28. The number of anilines is 1. The van der Waals surface area contributed by atoms with Gasteiger partial charge in [0, 0.05) is 17.4 Å². The molecular weight excluding hydrogens is 525 g/mol. The van der Waals surface area contributed by atoms with Crippen molar-refractivity contribution in [2.45, 2.75) is 31.4 Å². The minimum Gasteiger partial charge on any atom is -0.372 e. The highest BCUT2D eigenvalue weighted by molar-refractivity contribution is 6.05. The van der Waals surface area contributed by atoms with Crippen LogP contribution in [-0.2, 0) is 11.3 Å². The van der Waals surface area contributed by atoms with Gasteiger partial charge in [-0.3, -0.25) is 24.0 Å². The Labute approximate surface area is 223 Å². The van der Waals surface area contributed by atoms with Crippen LogP contribution in [0.4, 0.5) is 10.3 Å². The van der Waals surface area contributed by atoms with Gasteiger partial charge in [0.2, 0.25) is 11.9 Å². The molecule has 204 valence electrons. The molecule has 1 saturated heterocycles. The predicted molar refractivity (Wildman–Crippen MR) is 138 cm³/mol. The number of carbonyl (C=O) groups excluding carboxylic acids is 2. The van der Waals surface area contributed by atoms with Crippen LogP contribution < -0.4 is 16.6 Å². The maximum atomic E-state index is 14.5. The summed E-state index contributed by atoms with van der Waals surface area (Å²) in [7, 11) is 0. The number of aromatic nitrogens is 8. The summed E-state index contributed by atoms with van der Waals surface area (Å²) in [5.74, 6) is -1.41. The number of nitrogens with zero attached hydrogens (tertiary/aromatic N) is 7. The molecule has 1 aliphatic rings. The first-order valence-electron chi connectivity index (χ1n) is 12.2. The molecule has 0 aliphatic carbocycles. The maximum Gasteiger partial charge on any atom is 0.278 e. The standard InChI is InChI=1S/C24H22FN11O4/c25-13-6-16(22(39)32-24-31-21-19(23(40)33-24)27-10-28-21)35(8-13)17(37)9-36-15-2-1-11(12-3-4-29-30-7-12)5-14(15)18(34-36)20(26)38/h1-5,7,10,13,16,22,39H,6,8-9H2,(H2,26,38)(H3,27,28,31,32,33,40). The lowest BCUT2D eigenvalue weighted by molar-refractivity contribution is -0.134. The number of halogens is 1. The molecule has 5 heterocycles. The molecule has 0 bridgehead atoms. The molecule has 3 unspecified atom stereocenters. The number of hydrogen-bond donors (Lipinski definition) is 5. The third-order valence-corrected chi connectivity index (χ3v) is 6.74. The fourth-order valence-electron chi connectivity index (χ4n) is 4.89. The van der Waals surface area contributed by atoms with Gasteiger partial charge in [0.05, 0.1) is 36.8 Å². The summed E-state index contributed by atoms with van der Waals surface area (Å²) in [6.07, 6.45) is 1.41. The van der Waals surface area contributed by atoms with Gasteiger partial charge in [0.15, 0.2) is 16.9 Å². The van der Waals surface area contributed by atoms with Crippen LogP contribution in [-0.4, -0.2) is 86.7 Å². The second-order valence-corrected chi connectivity index (χ2v) is 9.28. The molecule has 1 aliphatic heterocycles. The van der Waals surface area contributed by atoms with Crippen molar-refractivity contribution in [3.8, 4) is 11.1 Å².